The molecule has 0 aromatic carbocycles. The van der Waals surface area contributed by atoms with Crippen LogP contribution in [0.3, 0.4) is 0 Å². The molecule has 2 saturated heterocycles. The highest BCUT2D eigenvalue weighted by atomic mass is 32.2. The number of carbonyl (C=O) groups excluding carboxylic acids is 2. The van der Waals surface area contributed by atoms with Gasteiger partial charge >= 0.3 is 6.03 Å². The monoisotopic (exact) mass is 341 g/mol. The van der Waals surface area contributed by atoms with Crippen molar-refractivity contribution in [2.24, 2.45) is 5.92 Å². The van der Waals surface area contributed by atoms with Crippen LogP contribution in [0.25, 0.3) is 0 Å². The topological polar surface area (TPSA) is 78.5 Å². The summed E-state index contributed by atoms with van der Waals surface area (Å²) in [6.45, 7) is 1.79. The van der Waals surface area contributed by atoms with Crippen molar-refractivity contribution in [3.05, 3.63) is 0 Å². The summed E-state index contributed by atoms with van der Waals surface area (Å²) in [5.74, 6) is 1.59. The molecule has 2 aliphatic heterocycles. The molecule has 130 valence electrons. The molecule has 0 bridgehead atoms. The average molecular weight is 341 g/mol. The van der Waals surface area contributed by atoms with Crippen LogP contribution in [0.1, 0.15) is 44.9 Å². The summed E-state index contributed by atoms with van der Waals surface area (Å²) in [7, 11) is -0.781. The third kappa shape index (κ3) is 4.46. The molecule has 0 aromatic rings. The Morgan fingerprint density at radius 2 is 1.70 bits per heavy atom. The average Bonchev–Trinajstić information content (AvgIpc) is 3.16. The van der Waals surface area contributed by atoms with E-state index in [1.807, 2.05) is 4.90 Å². The second kappa shape index (κ2) is 7.64. The van der Waals surface area contributed by atoms with E-state index in [4.69, 9.17) is 0 Å². The molecule has 6 nitrogen and oxygen atoms in total. The van der Waals surface area contributed by atoms with Crippen molar-refractivity contribution < 1.29 is 13.8 Å². The molecular weight excluding hydrogens is 314 g/mol. The second-order valence-electron chi connectivity index (χ2n) is 7.01. The third-order valence-corrected chi connectivity index (χ3v) is 6.67. The Labute approximate surface area is 140 Å². The van der Waals surface area contributed by atoms with Crippen molar-refractivity contribution >= 4 is 22.7 Å². The zero-order chi connectivity index (χ0) is 16.2. The smallest absolute Gasteiger partial charge is 0.315 e. The van der Waals surface area contributed by atoms with Crippen LogP contribution in [0.5, 0.6) is 0 Å². The second-order valence-corrected chi connectivity index (χ2v) is 8.63. The maximum absolute atomic E-state index is 12.5. The molecule has 3 rings (SSSR count). The van der Waals surface area contributed by atoms with Gasteiger partial charge in [-0.25, -0.2) is 4.79 Å². The third-order valence-electron chi connectivity index (χ3n) is 5.20. The van der Waals surface area contributed by atoms with Gasteiger partial charge < -0.3 is 15.5 Å². The van der Waals surface area contributed by atoms with E-state index < -0.39 is 10.8 Å². The first-order chi connectivity index (χ1) is 11.1. The highest BCUT2D eigenvalue weighted by molar-refractivity contribution is 7.85. The largest absolute Gasteiger partial charge is 0.342 e. The Balaban J connectivity index is 1.41. The minimum Gasteiger partial charge on any atom is -0.342 e. The standard InChI is InChI=1S/C16H27N3O3S/c20-15(19-7-2-1-3-8-19)12-4-5-13(10-12)17-16(21)18-14-6-9-23(22)11-14/h12-14H,1-11H2,(H2,17,18,21)/t12-,13+,14+,23+/m1/s1. The molecule has 3 aliphatic rings. The number of piperidine rings is 1. The van der Waals surface area contributed by atoms with Gasteiger partial charge in [0.1, 0.15) is 0 Å². The Hall–Kier alpha value is -1.11. The van der Waals surface area contributed by atoms with Crippen LogP contribution in [-0.2, 0) is 15.6 Å². The molecule has 2 heterocycles. The molecule has 0 aromatic heterocycles. The lowest BCUT2D eigenvalue weighted by molar-refractivity contribution is -0.136. The maximum atomic E-state index is 12.5. The zero-order valence-corrected chi connectivity index (χ0v) is 14.4. The van der Waals surface area contributed by atoms with Crippen LogP contribution in [0, 0.1) is 5.92 Å². The number of hydrogen-bond acceptors (Lipinski definition) is 3. The highest BCUT2D eigenvalue weighted by Gasteiger charge is 2.34. The van der Waals surface area contributed by atoms with Gasteiger partial charge in [-0.2, -0.15) is 0 Å². The summed E-state index contributed by atoms with van der Waals surface area (Å²) in [6.07, 6.45) is 6.74. The molecule has 3 fully saturated rings. The van der Waals surface area contributed by atoms with E-state index in [1.54, 1.807) is 0 Å². The van der Waals surface area contributed by atoms with E-state index in [9.17, 15) is 13.8 Å². The number of carbonyl (C=O) groups is 2. The van der Waals surface area contributed by atoms with Gasteiger partial charge in [-0.3, -0.25) is 9.00 Å². The van der Waals surface area contributed by atoms with Crippen molar-refractivity contribution in [1.29, 1.82) is 0 Å². The van der Waals surface area contributed by atoms with Crippen molar-refractivity contribution in [3.63, 3.8) is 0 Å². The van der Waals surface area contributed by atoms with Gasteiger partial charge in [0.05, 0.1) is 0 Å². The van der Waals surface area contributed by atoms with Crippen molar-refractivity contribution in [1.82, 2.24) is 15.5 Å². The van der Waals surface area contributed by atoms with E-state index in [1.165, 1.54) is 6.42 Å². The number of urea groups is 1. The Bertz CT molecular complexity index is 479. The summed E-state index contributed by atoms with van der Waals surface area (Å²) in [4.78, 5) is 26.5. The lowest BCUT2D eigenvalue weighted by atomic mass is 10.0. The number of amides is 3. The predicted octanol–water partition coefficient (Wildman–Crippen LogP) is 0.988. The molecule has 0 spiro atoms. The van der Waals surface area contributed by atoms with Crippen molar-refractivity contribution in [3.8, 4) is 0 Å². The van der Waals surface area contributed by atoms with Gasteiger partial charge in [0.15, 0.2) is 0 Å². The predicted molar refractivity (Wildman–Crippen MR) is 89.5 cm³/mol. The summed E-state index contributed by atoms with van der Waals surface area (Å²) < 4.78 is 11.3. The zero-order valence-electron chi connectivity index (χ0n) is 13.6. The van der Waals surface area contributed by atoms with Crippen molar-refractivity contribution in [2.45, 2.75) is 57.0 Å². The van der Waals surface area contributed by atoms with E-state index in [-0.39, 0.29) is 29.9 Å². The van der Waals surface area contributed by atoms with Gasteiger partial charge in [-0.1, -0.05) is 0 Å². The Kier molecular flexibility index (Phi) is 5.56. The lowest BCUT2D eigenvalue weighted by Gasteiger charge is -2.29. The van der Waals surface area contributed by atoms with E-state index in [0.29, 0.717) is 11.5 Å². The molecule has 1 saturated carbocycles. The highest BCUT2D eigenvalue weighted by Crippen LogP contribution is 2.28. The van der Waals surface area contributed by atoms with Gasteiger partial charge in [0.25, 0.3) is 0 Å². The van der Waals surface area contributed by atoms with Crippen LogP contribution in [0.2, 0.25) is 0 Å². The molecule has 1 aliphatic carbocycles. The first kappa shape index (κ1) is 16.7. The summed E-state index contributed by atoms with van der Waals surface area (Å²) in [5, 5.41) is 5.89. The van der Waals surface area contributed by atoms with Gasteiger partial charge in [-0.05, 0) is 44.9 Å². The van der Waals surface area contributed by atoms with E-state index in [0.717, 1.165) is 51.6 Å². The summed E-state index contributed by atoms with van der Waals surface area (Å²) in [5.41, 5.74) is 0. The molecule has 23 heavy (non-hydrogen) atoms. The minimum atomic E-state index is -0.781. The van der Waals surface area contributed by atoms with Crippen molar-refractivity contribution in [2.75, 3.05) is 24.6 Å². The van der Waals surface area contributed by atoms with Gasteiger partial charge in [0, 0.05) is 53.4 Å². The quantitative estimate of drug-likeness (QED) is 0.803. The van der Waals surface area contributed by atoms with Crippen LogP contribution >= 0.6 is 0 Å². The van der Waals surface area contributed by atoms with Gasteiger partial charge in [-0.15, -0.1) is 0 Å². The molecule has 2 N–H and O–H groups in total. The first-order valence-electron chi connectivity index (χ1n) is 8.82. The maximum Gasteiger partial charge on any atom is 0.315 e. The van der Waals surface area contributed by atoms with Crippen LogP contribution in [0.4, 0.5) is 4.79 Å². The van der Waals surface area contributed by atoms with Crippen LogP contribution in [-0.4, -0.2) is 57.7 Å². The fraction of sp³-hybridized carbons (Fsp3) is 0.875. The number of likely N-dealkylation sites (tertiary alicyclic amines) is 1. The van der Waals surface area contributed by atoms with Crippen LogP contribution < -0.4 is 10.6 Å². The van der Waals surface area contributed by atoms with E-state index in [2.05, 4.69) is 10.6 Å². The Morgan fingerprint density at radius 1 is 0.957 bits per heavy atom. The number of hydrogen-bond donors (Lipinski definition) is 2. The first-order valence-corrected chi connectivity index (χ1v) is 10.3. The molecule has 7 heteroatoms. The summed E-state index contributed by atoms with van der Waals surface area (Å²) in [6, 6.07) is -0.0615. The number of nitrogens with zero attached hydrogens (tertiary/aromatic N) is 1. The SMILES string of the molecule is O=C(N[C@H]1CC[C@@H](C(=O)N2CCCCC2)C1)N[C@H]1CC[S@](=O)C1. The number of rotatable bonds is 3. The molecule has 4 atom stereocenters. The fourth-order valence-corrected chi connectivity index (χ4v) is 5.31. The van der Waals surface area contributed by atoms with Crippen LogP contribution in [0.15, 0.2) is 0 Å². The molecule has 3 amide bonds. The fourth-order valence-electron chi connectivity index (χ4n) is 3.90. The lowest BCUT2D eigenvalue weighted by Crippen LogP contribution is -2.46. The van der Waals surface area contributed by atoms with Gasteiger partial charge in [0.2, 0.25) is 5.91 Å². The normalized spacial score (nSPS) is 34.3. The molecular formula is C16H27N3O3S. The molecule has 0 radical (unpaired) electrons. The Morgan fingerprint density at radius 3 is 2.39 bits per heavy atom. The summed E-state index contributed by atoms with van der Waals surface area (Å²) >= 11 is 0. The molecule has 0 unspecified atom stereocenters. The van der Waals surface area contributed by atoms with E-state index >= 15 is 0 Å². The minimum absolute atomic E-state index is 0.0306. The number of nitrogens with one attached hydrogen (secondary N) is 2.